The quantitative estimate of drug-likeness (QED) is 0.556. The maximum absolute atomic E-state index is 13.2. The van der Waals surface area contributed by atoms with Gasteiger partial charge in [0.05, 0.1) is 4.83 Å². The first-order valence-electron chi connectivity index (χ1n) is 6.07. The molecule has 1 unspecified atom stereocenters. The van der Waals surface area contributed by atoms with E-state index in [9.17, 15) is 4.39 Å². The van der Waals surface area contributed by atoms with Gasteiger partial charge in [0.1, 0.15) is 5.82 Å². The Kier molecular flexibility index (Phi) is 4.46. The molecule has 2 rings (SSSR count). The van der Waals surface area contributed by atoms with Crippen LogP contribution in [0.15, 0.2) is 34.8 Å². The zero-order chi connectivity index (χ0) is 14.2. The van der Waals surface area contributed by atoms with E-state index in [4.69, 9.17) is 0 Å². The van der Waals surface area contributed by atoms with Crippen LogP contribution in [-0.2, 0) is 0 Å². The first-order chi connectivity index (χ1) is 8.90. The molecule has 100 valence electrons. The van der Waals surface area contributed by atoms with Gasteiger partial charge in [-0.25, -0.2) is 4.39 Å². The van der Waals surface area contributed by atoms with E-state index >= 15 is 0 Å². The van der Waals surface area contributed by atoms with Crippen molar-refractivity contribution in [2.75, 3.05) is 0 Å². The Morgan fingerprint density at radius 2 is 1.53 bits per heavy atom. The summed E-state index contributed by atoms with van der Waals surface area (Å²) in [6, 6.07) is 9.22. The topological polar surface area (TPSA) is 0 Å². The largest absolute Gasteiger partial charge is 0.207 e. The first-order valence-corrected chi connectivity index (χ1v) is 7.77. The number of rotatable bonds is 2. The van der Waals surface area contributed by atoms with Gasteiger partial charge >= 0.3 is 0 Å². The summed E-state index contributed by atoms with van der Waals surface area (Å²) >= 11 is 7.29. The minimum absolute atomic E-state index is 0.0832. The molecule has 0 fully saturated rings. The number of hydrogen-bond donors (Lipinski definition) is 0. The van der Waals surface area contributed by atoms with E-state index in [0.717, 1.165) is 15.6 Å². The highest BCUT2D eigenvalue weighted by Gasteiger charge is 2.16. The molecular weight excluding hydrogens is 371 g/mol. The predicted molar refractivity (Wildman–Crippen MR) is 85.5 cm³/mol. The summed E-state index contributed by atoms with van der Waals surface area (Å²) in [6.07, 6.45) is 0. The van der Waals surface area contributed by atoms with Crippen molar-refractivity contribution in [2.45, 2.75) is 25.6 Å². The van der Waals surface area contributed by atoms with Crippen LogP contribution in [0.1, 0.15) is 32.6 Å². The second-order valence-corrected chi connectivity index (χ2v) is 6.59. The van der Waals surface area contributed by atoms with Crippen LogP contribution in [-0.4, -0.2) is 0 Å². The zero-order valence-corrected chi connectivity index (χ0v) is 14.3. The number of aryl methyl sites for hydroxylation is 3. The molecule has 0 aliphatic heterocycles. The average Bonchev–Trinajstić information content (AvgIpc) is 2.33. The summed E-state index contributed by atoms with van der Waals surface area (Å²) in [4.78, 5) is 0.0832. The Morgan fingerprint density at radius 1 is 0.895 bits per heavy atom. The number of alkyl halides is 1. The van der Waals surface area contributed by atoms with Gasteiger partial charge in [-0.05, 0) is 66.8 Å². The number of halogens is 3. The van der Waals surface area contributed by atoms with Crippen LogP contribution in [0.25, 0.3) is 0 Å². The van der Waals surface area contributed by atoms with E-state index in [1.54, 1.807) is 6.07 Å². The smallest absolute Gasteiger partial charge is 0.123 e. The molecule has 3 heteroatoms. The molecule has 2 aromatic rings. The van der Waals surface area contributed by atoms with Crippen LogP contribution in [0.2, 0.25) is 0 Å². The minimum atomic E-state index is -0.190. The van der Waals surface area contributed by atoms with E-state index in [1.807, 2.05) is 13.0 Å². The van der Waals surface area contributed by atoms with E-state index in [0.29, 0.717) is 0 Å². The lowest BCUT2D eigenvalue weighted by molar-refractivity contribution is 0.626. The van der Waals surface area contributed by atoms with Gasteiger partial charge in [-0.15, -0.1) is 0 Å². The van der Waals surface area contributed by atoms with Crippen LogP contribution < -0.4 is 0 Å². The van der Waals surface area contributed by atoms with E-state index < -0.39 is 0 Å². The Bertz CT molecular complexity index is 620. The molecule has 0 heterocycles. The van der Waals surface area contributed by atoms with Crippen molar-refractivity contribution >= 4 is 31.9 Å². The average molecular weight is 386 g/mol. The molecule has 0 nitrogen and oxygen atoms in total. The van der Waals surface area contributed by atoms with Gasteiger partial charge in [0, 0.05) is 4.47 Å². The van der Waals surface area contributed by atoms with Crippen LogP contribution in [0.3, 0.4) is 0 Å². The molecular formula is C16H15Br2F. The van der Waals surface area contributed by atoms with Gasteiger partial charge in [0.15, 0.2) is 0 Å². The Labute approximate surface area is 130 Å². The highest BCUT2D eigenvalue weighted by atomic mass is 79.9. The summed E-state index contributed by atoms with van der Waals surface area (Å²) in [5, 5.41) is 0. The summed E-state index contributed by atoms with van der Waals surface area (Å²) in [7, 11) is 0. The Balaban J connectivity index is 2.49. The van der Waals surface area contributed by atoms with Gasteiger partial charge in [-0.2, -0.15) is 0 Å². The van der Waals surface area contributed by atoms with Gasteiger partial charge < -0.3 is 0 Å². The summed E-state index contributed by atoms with van der Waals surface area (Å²) in [5.74, 6) is -0.190. The summed E-state index contributed by atoms with van der Waals surface area (Å²) in [6.45, 7) is 6.10. The molecule has 0 aromatic heterocycles. The molecule has 1 atom stereocenters. The van der Waals surface area contributed by atoms with Crippen molar-refractivity contribution in [3.05, 3.63) is 68.4 Å². The van der Waals surface area contributed by atoms with Crippen molar-refractivity contribution in [3.63, 3.8) is 0 Å². The molecule has 0 aliphatic carbocycles. The van der Waals surface area contributed by atoms with Crippen molar-refractivity contribution in [3.8, 4) is 0 Å². The fourth-order valence-corrected chi connectivity index (χ4v) is 3.63. The third-order valence-corrected chi connectivity index (χ3v) is 5.17. The Hall–Kier alpha value is -0.670. The molecule has 19 heavy (non-hydrogen) atoms. The van der Waals surface area contributed by atoms with Crippen LogP contribution >= 0.6 is 31.9 Å². The van der Waals surface area contributed by atoms with Crippen molar-refractivity contribution in [1.82, 2.24) is 0 Å². The number of benzene rings is 2. The normalized spacial score (nSPS) is 12.5. The van der Waals surface area contributed by atoms with Crippen molar-refractivity contribution < 1.29 is 4.39 Å². The molecule has 0 amide bonds. The van der Waals surface area contributed by atoms with Gasteiger partial charge in [0.25, 0.3) is 0 Å². The summed E-state index contributed by atoms with van der Waals surface area (Å²) < 4.78 is 14.3. The van der Waals surface area contributed by atoms with Crippen molar-refractivity contribution in [1.29, 1.82) is 0 Å². The van der Waals surface area contributed by atoms with Crippen molar-refractivity contribution in [2.24, 2.45) is 0 Å². The Morgan fingerprint density at radius 3 is 2.16 bits per heavy atom. The van der Waals surface area contributed by atoms with E-state index in [-0.39, 0.29) is 10.6 Å². The fraction of sp³-hybridized carbons (Fsp3) is 0.250. The van der Waals surface area contributed by atoms with Crippen LogP contribution in [0.4, 0.5) is 4.39 Å². The SMILES string of the molecule is Cc1cc(C(Br)c2ccc(F)cc2C)c(C)cc1Br. The lowest BCUT2D eigenvalue weighted by Gasteiger charge is -2.17. The lowest BCUT2D eigenvalue weighted by atomic mass is 9.96. The van der Waals surface area contributed by atoms with Gasteiger partial charge in [-0.3, -0.25) is 0 Å². The minimum Gasteiger partial charge on any atom is -0.207 e. The zero-order valence-electron chi connectivity index (χ0n) is 11.1. The molecule has 0 N–H and O–H groups in total. The molecule has 0 saturated heterocycles. The summed E-state index contributed by atoms with van der Waals surface area (Å²) in [5.41, 5.74) is 5.69. The molecule has 2 aromatic carbocycles. The fourth-order valence-electron chi connectivity index (χ4n) is 2.17. The van der Waals surface area contributed by atoms with Gasteiger partial charge in [-0.1, -0.05) is 44.0 Å². The highest BCUT2D eigenvalue weighted by molar-refractivity contribution is 9.10. The monoisotopic (exact) mass is 384 g/mol. The van der Waals surface area contributed by atoms with E-state index in [2.05, 4.69) is 57.8 Å². The molecule has 0 saturated carbocycles. The first kappa shape index (κ1) is 14.7. The van der Waals surface area contributed by atoms with Crippen LogP contribution in [0, 0.1) is 26.6 Å². The molecule has 0 aliphatic rings. The van der Waals surface area contributed by atoms with Crippen LogP contribution in [0.5, 0.6) is 0 Å². The molecule has 0 radical (unpaired) electrons. The standard InChI is InChI=1S/C16H15Br2F/c1-9-6-12(19)4-5-13(9)16(18)14-7-11(3)15(17)8-10(14)2/h4-8,16H,1-3H3. The highest BCUT2D eigenvalue weighted by Crippen LogP contribution is 2.36. The van der Waals surface area contributed by atoms with Gasteiger partial charge in [0.2, 0.25) is 0 Å². The maximum atomic E-state index is 13.2. The third-order valence-electron chi connectivity index (χ3n) is 3.33. The lowest BCUT2D eigenvalue weighted by Crippen LogP contribution is -2.00. The number of hydrogen-bond acceptors (Lipinski definition) is 0. The molecule has 0 spiro atoms. The molecule has 0 bridgehead atoms. The second kappa shape index (κ2) is 5.76. The maximum Gasteiger partial charge on any atom is 0.123 e. The van der Waals surface area contributed by atoms with E-state index in [1.165, 1.54) is 22.8 Å². The second-order valence-electron chi connectivity index (χ2n) is 4.82. The third kappa shape index (κ3) is 3.09. The predicted octanol–water partition coefficient (Wildman–Crippen LogP) is 6.00.